The van der Waals surface area contributed by atoms with Crippen molar-refractivity contribution in [3.63, 3.8) is 0 Å². The molecule has 2 aromatic rings. The second-order valence-corrected chi connectivity index (χ2v) is 5.78. The van der Waals surface area contributed by atoms with E-state index in [1.165, 1.54) is 11.8 Å². The first-order valence-corrected chi connectivity index (χ1v) is 7.42. The number of hydrogen-bond donors (Lipinski definition) is 1. The molecule has 3 nitrogen and oxygen atoms in total. The quantitative estimate of drug-likeness (QED) is 0.863. The number of aromatic nitrogens is 1. The molecule has 0 atom stereocenters. The number of nitrogens with zero attached hydrogens (tertiary/aromatic N) is 1. The Morgan fingerprint density at radius 3 is 2.80 bits per heavy atom. The lowest BCUT2D eigenvalue weighted by Crippen LogP contribution is -2.24. The molecule has 1 aromatic carbocycles. The Kier molecular flexibility index (Phi) is 5.22. The third kappa shape index (κ3) is 3.86. The zero-order valence-electron chi connectivity index (χ0n) is 10.5. The monoisotopic (exact) mass is 346 g/mol. The molecular formula is C15H11BrN2OS. The van der Waals surface area contributed by atoms with E-state index in [9.17, 15) is 4.79 Å². The van der Waals surface area contributed by atoms with Gasteiger partial charge in [-0.2, -0.15) is 0 Å². The molecule has 100 valence electrons. The van der Waals surface area contributed by atoms with Gasteiger partial charge in [0.25, 0.3) is 5.91 Å². The van der Waals surface area contributed by atoms with Gasteiger partial charge in [0.1, 0.15) is 5.03 Å². The van der Waals surface area contributed by atoms with E-state index < -0.39 is 0 Å². The number of carbonyl (C=O) groups is 1. The van der Waals surface area contributed by atoms with Crippen LogP contribution in [0.4, 0.5) is 0 Å². The Morgan fingerprint density at radius 1 is 1.35 bits per heavy atom. The first-order valence-electron chi connectivity index (χ1n) is 5.81. The first kappa shape index (κ1) is 14.6. The smallest absolute Gasteiger partial charge is 0.254 e. The maximum Gasteiger partial charge on any atom is 0.254 e. The largest absolute Gasteiger partial charge is 0.341 e. The summed E-state index contributed by atoms with van der Waals surface area (Å²) in [4.78, 5) is 17.3. The summed E-state index contributed by atoms with van der Waals surface area (Å²) in [6.07, 6.45) is 6.81. The molecule has 1 aromatic heterocycles. The van der Waals surface area contributed by atoms with Gasteiger partial charge in [0, 0.05) is 15.6 Å². The van der Waals surface area contributed by atoms with Crippen molar-refractivity contribution in [3.05, 3.63) is 52.6 Å². The number of halogens is 1. The van der Waals surface area contributed by atoms with Crippen LogP contribution in [0.2, 0.25) is 0 Å². The van der Waals surface area contributed by atoms with Crippen molar-refractivity contribution < 1.29 is 4.79 Å². The number of benzene rings is 1. The molecule has 0 bridgehead atoms. The van der Waals surface area contributed by atoms with Crippen molar-refractivity contribution in [2.24, 2.45) is 0 Å². The zero-order valence-corrected chi connectivity index (χ0v) is 12.9. The van der Waals surface area contributed by atoms with Gasteiger partial charge >= 0.3 is 0 Å². The van der Waals surface area contributed by atoms with Gasteiger partial charge in [0.2, 0.25) is 0 Å². The molecule has 0 aliphatic carbocycles. The maximum absolute atomic E-state index is 12.0. The van der Waals surface area contributed by atoms with Crippen molar-refractivity contribution in [1.29, 1.82) is 0 Å². The van der Waals surface area contributed by atoms with Crippen LogP contribution < -0.4 is 5.32 Å². The van der Waals surface area contributed by atoms with Crippen LogP contribution in [-0.2, 0) is 0 Å². The molecule has 1 N–H and O–H groups in total. The Balaban J connectivity index is 2.21. The lowest BCUT2D eigenvalue weighted by atomic mass is 10.2. The maximum atomic E-state index is 12.0. The lowest BCUT2D eigenvalue weighted by Gasteiger charge is -2.07. The van der Waals surface area contributed by atoms with Crippen LogP contribution in [-0.4, -0.2) is 17.4 Å². The molecule has 0 radical (unpaired) electrons. The predicted molar refractivity (Wildman–Crippen MR) is 83.7 cm³/mol. The highest BCUT2D eigenvalue weighted by Gasteiger charge is 2.12. The molecule has 2 rings (SSSR count). The predicted octanol–water partition coefficient (Wildman–Crippen LogP) is 3.36. The fourth-order valence-corrected chi connectivity index (χ4v) is 2.63. The summed E-state index contributed by atoms with van der Waals surface area (Å²) < 4.78 is 1.01. The molecule has 1 amide bonds. The summed E-state index contributed by atoms with van der Waals surface area (Å²) in [5.74, 6) is 2.17. The van der Waals surface area contributed by atoms with Crippen LogP contribution in [0.15, 0.2) is 57.0 Å². The standard InChI is InChI=1S/C15H11BrN2OS/c1-2-9-17-14(19)13-4-3-10-18-15(13)20-12-7-5-11(16)6-8-12/h1,3-8,10H,9H2,(H,17,19). The summed E-state index contributed by atoms with van der Waals surface area (Å²) in [5.41, 5.74) is 0.524. The van der Waals surface area contributed by atoms with Crippen molar-refractivity contribution in [2.75, 3.05) is 6.54 Å². The van der Waals surface area contributed by atoms with Crippen molar-refractivity contribution in [3.8, 4) is 12.3 Å². The Morgan fingerprint density at radius 2 is 2.10 bits per heavy atom. The summed E-state index contributed by atoms with van der Waals surface area (Å²) in [7, 11) is 0. The second kappa shape index (κ2) is 7.13. The third-order valence-corrected chi connectivity index (χ3v) is 3.95. The van der Waals surface area contributed by atoms with Gasteiger partial charge in [0.15, 0.2) is 0 Å². The lowest BCUT2D eigenvalue weighted by molar-refractivity contribution is 0.0955. The molecule has 0 unspecified atom stereocenters. The number of terminal acetylenes is 1. The van der Waals surface area contributed by atoms with E-state index in [1.807, 2.05) is 24.3 Å². The molecule has 0 fully saturated rings. The first-order chi connectivity index (χ1) is 9.70. The Labute approximate surface area is 130 Å². The normalized spacial score (nSPS) is 9.80. The fourth-order valence-electron chi connectivity index (χ4n) is 1.49. The van der Waals surface area contributed by atoms with E-state index in [-0.39, 0.29) is 12.5 Å². The van der Waals surface area contributed by atoms with Crippen molar-refractivity contribution >= 4 is 33.6 Å². The van der Waals surface area contributed by atoms with Gasteiger partial charge in [-0.1, -0.05) is 33.6 Å². The number of carbonyl (C=O) groups excluding carboxylic acids is 1. The van der Waals surface area contributed by atoms with Gasteiger partial charge in [-0.25, -0.2) is 4.98 Å². The molecule has 1 heterocycles. The Bertz CT molecular complexity index is 650. The van der Waals surface area contributed by atoms with E-state index in [4.69, 9.17) is 6.42 Å². The molecule has 0 saturated heterocycles. The topological polar surface area (TPSA) is 42.0 Å². The van der Waals surface area contributed by atoms with Crippen LogP contribution in [0.25, 0.3) is 0 Å². The molecule has 0 aliphatic rings. The minimum Gasteiger partial charge on any atom is -0.341 e. The molecular weight excluding hydrogens is 336 g/mol. The van der Waals surface area contributed by atoms with Gasteiger partial charge in [-0.3, -0.25) is 4.79 Å². The average Bonchev–Trinajstić information content (AvgIpc) is 2.48. The number of pyridine rings is 1. The number of rotatable bonds is 4. The van der Waals surface area contributed by atoms with Crippen molar-refractivity contribution in [2.45, 2.75) is 9.92 Å². The van der Waals surface area contributed by atoms with Crippen LogP contribution in [0.5, 0.6) is 0 Å². The zero-order chi connectivity index (χ0) is 14.4. The van der Waals surface area contributed by atoms with E-state index in [0.29, 0.717) is 10.6 Å². The number of hydrogen-bond acceptors (Lipinski definition) is 3. The summed E-state index contributed by atoms with van der Waals surface area (Å²) >= 11 is 4.83. The summed E-state index contributed by atoms with van der Waals surface area (Å²) in [6.45, 7) is 0.204. The number of amides is 1. The van der Waals surface area contributed by atoms with Crippen LogP contribution in [0, 0.1) is 12.3 Å². The fraction of sp³-hybridized carbons (Fsp3) is 0.0667. The molecule has 0 saturated carbocycles. The van der Waals surface area contributed by atoms with Crippen LogP contribution in [0.3, 0.4) is 0 Å². The summed E-state index contributed by atoms with van der Waals surface area (Å²) in [6, 6.07) is 11.3. The van der Waals surface area contributed by atoms with E-state index in [0.717, 1.165) is 9.37 Å². The van der Waals surface area contributed by atoms with Crippen molar-refractivity contribution in [1.82, 2.24) is 10.3 Å². The van der Waals surface area contributed by atoms with Crippen LogP contribution in [0.1, 0.15) is 10.4 Å². The highest BCUT2D eigenvalue weighted by molar-refractivity contribution is 9.10. The van der Waals surface area contributed by atoms with Crippen LogP contribution >= 0.6 is 27.7 Å². The van der Waals surface area contributed by atoms with Gasteiger partial charge in [-0.15, -0.1) is 6.42 Å². The Hall–Kier alpha value is -1.77. The van der Waals surface area contributed by atoms with Gasteiger partial charge in [0.05, 0.1) is 12.1 Å². The molecule has 5 heteroatoms. The van der Waals surface area contributed by atoms with E-state index in [2.05, 4.69) is 32.2 Å². The van der Waals surface area contributed by atoms with Gasteiger partial charge in [-0.05, 0) is 36.4 Å². The number of nitrogens with one attached hydrogen (secondary N) is 1. The minimum atomic E-state index is -0.212. The highest BCUT2D eigenvalue weighted by Crippen LogP contribution is 2.29. The molecule has 0 spiro atoms. The SMILES string of the molecule is C#CCNC(=O)c1cccnc1Sc1ccc(Br)cc1. The van der Waals surface area contributed by atoms with E-state index >= 15 is 0 Å². The highest BCUT2D eigenvalue weighted by atomic mass is 79.9. The second-order valence-electron chi connectivity index (χ2n) is 3.80. The molecule has 0 aliphatic heterocycles. The summed E-state index contributed by atoms with van der Waals surface area (Å²) in [5, 5.41) is 3.30. The average molecular weight is 347 g/mol. The third-order valence-electron chi connectivity index (χ3n) is 2.39. The molecule has 20 heavy (non-hydrogen) atoms. The van der Waals surface area contributed by atoms with E-state index in [1.54, 1.807) is 18.3 Å². The minimum absolute atomic E-state index is 0.204. The van der Waals surface area contributed by atoms with Gasteiger partial charge < -0.3 is 5.32 Å².